The van der Waals surface area contributed by atoms with Crippen molar-refractivity contribution >= 4 is 57.1 Å². The number of carbonyl (C=O) groups is 3. The van der Waals surface area contributed by atoms with Gasteiger partial charge in [0.1, 0.15) is 0 Å². The lowest BCUT2D eigenvalue weighted by molar-refractivity contribution is -0.139. The molecule has 2 aromatic heterocycles. The number of likely N-dealkylation sites (tertiary alicyclic amines) is 1. The van der Waals surface area contributed by atoms with Crippen molar-refractivity contribution in [2.75, 3.05) is 18.0 Å². The van der Waals surface area contributed by atoms with Gasteiger partial charge in [0, 0.05) is 70.4 Å². The molecule has 8 rings (SSSR count). The van der Waals surface area contributed by atoms with Crippen LogP contribution >= 0.6 is 22.9 Å². The Bertz CT molecular complexity index is 1520. The average Bonchev–Trinajstić information content (AvgIpc) is 3.22. The summed E-state index contributed by atoms with van der Waals surface area (Å²) in [4.78, 5) is 42.6. The van der Waals surface area contributed by atoms with Gasteiger partial charge in [-0.15, -0.1) is 11.3 Å². The van der Waals surface area contributed by atoms with Gasteiger partial charge in [0.15, 0.2) is 0 Å². The van der Waals surface area contributed by atoms with Gasteiger partial charge in [-0.3, -0.25) is 24.3 Å². The second-order valence-corrected chi connectivity index (χ2v) is 13.4. The number of rotatable bonds is 4. The normalized spacial score (nSPS) is 25.9. The molecule has 8 nitrogen and oxygen atoms in total. The van der Waals surface area contributed by atoms with Crippen molar-refractivity contribution in [1.82, 2.24) is 15.2 Å². The largest absolute Gasteiger partial charge is 0.483 e. The van der Waals surface area contributed by atoms with Crippen molar-refractivity contribution in [1.29, 1.82) is 0 Å². The quantitative estimate of drug-likeness (QED) is 0.325. The Balaban J connectivity index is 0.000000846. The number of anilines is 1. The lowest BCUT2D eigenvalue weighted by atomic mass is 9.75. The van der Waals surface area contributed by atoms with Crippen LogP contribution in [0.2, 0.25) is 5.02 Å². The van der Waals surface area contributed by atoms with E-state index in [9.17, 15) is 9.59 Å². The number of imide groups is 1. The maximum absolute atomic E-state index is 12.2. The van der Waals surface area contributed by atoms with Gasteiger partial charge >= 0.3 is 0 Å². The summed E-state index contributed by atoms with van der Waals surface area (Å²) in [6, 6.07) is 9.00. The molecular weight excluding hydrogens is 548 g/mol. The standard InChI is InChI=1S/C29H29ClN4O2S.CH2O2/c30-17-9-22(20-4-7-31-24-11-19(37-28(20)24)15-34-25(35)2-3-26(34)36)27-23(10-17)21-8-16(21)14-33(27)18-12-29(32-13-18)5-1-6-29;2-1-3/h4,7,9-11,16,18,21,32H,1-3,5-6,8,12-15H2;1H,(H,2,3)/t16-,18+,21-;/m1./s1. The molecule has 10 heteroatoms. The summed E-state index contributed by atoms with van der Waals surface area (Å²) in [6.45, 7) is 2.25. The second kappa shape index (κ2) is 9.82. The third kappa shape index (κ3) is 4.30. The van der Waals surface area contributed by atoms with Crippen LogP contribution in [0.5, 0.6) is 0 Å². The number of nitrogens with one attached hydrogen (secondary N) is 1. The number of hydrogen-bond acceptors (Lipinski definition) is 7. The minimum absolute atomic E-state index is 0.0800. The Morgan fingerprint density at radius 3 is 2.65 bits per heavy atom. The summed E-state index contributed by atoms with van der Waals surface area (Å²) in [5.41, 5.74) is 6.37. The molecule has 2 aliphatic carbocycles. The highest BCUT2D eigenvalue weighted by Gasteiger charge is 2.51. The monoisotopic (exact) mass is 578 g/mol. The number of pyridine rings is 1. The van der Waals surface area contributed by atoms with Gasteiger partial charge in [0.25, 0.3) is 6.47 Å². The molecule has 1 aromatic carbocycles. The zero-order valence-corrected chi connectivity index (χ0v) is 23.6. The van der Waals surface area contributed by atoms with Crippen LogP contribution in [-0.2, 0) is 20.9 Å². The molecule has 2 amide bonds. The van der Waals surface area contributed by atoms with Crippen LogP contribution in [0.3, 0.4) is 0 Å². The van der Waals surface area contributed by atoms with Crippen LogP contribution in [-0.4, -0.2) is 57.9 Å². The number of carboxylic acid groups (broad SMARTS) is 1. The Hall–Kier alpha value is -3.01. The molecule has 4 fully saturated rings. The number of hydrogen-bond donors (Lipinski definition) is 2. The van der Waals surface area contributed by atoms with Gasteiger partial charge in [-0.2, -0.15) is 0 Å². The number of benzene rings is 1. The fraction of sp³-hybridized carbons (Fsp3) is 0.467. The maximum Gasteiger partial charge on any atom is 0.290 e. The first-order valence-corrected chi connectivity index (χ1v) is 15.2. The molecule has 208 valence electrons. The second-order valence-electron chi connectivity index (χ2n) is 11.8. The number of nitrogens with zero attached hydrogens (tertiary/aromatic N) is 3. The average molecular weight is 579 g/mol. The Morgan fingerprint density at radius 1 is 1.18 bits per heavy atom. The first-order valence-electron chi connectivity index (χ1n) is 14.0. The molecule has 3 aliphatic heterocycles. The molecule has 2 saturated carbocycles. The molecule has 2 saturated heterocycles. The fourth-order valence-electron chi connectivity index (χ4n) is 7.30. The van der Waals surface area contributed by atoms with Crippen LogP contribution in [0.25, 0.3) is 21.3 Å². The summed E-state index contributed by atoms with van der Waals surface area (Å²) in [5, 5.41) is 11.6. The lowest BCUT2D eigenvalue weighted by Crippen LogP contribution is -2.46. The number of halogens is 1. The van der Waals surface area contributed by atoms with Gasteiger partial charge < -0.3 is 15.3 Å². The number of aromatic nitrogens is 1. The Morgan fingerprint density at radius 2 is 1.95 bits per heavy atom. The molecule has 0 unspecified atom stereocenters. The minimum atomic E-state index is -0.250. The first kappa shape index (κ1) is 25.9. The molecule has 3 aromatic rings. The zero-order valence-electron chi connectivity index (χ0n) is 22.1. The molecule has 5 aliphatic rings. The molecule has 40 heavy (non-hydrogen) atoms. The van der Waals surface area contributed by atoms with Crippen molar-refractivity contribution in [3.05, 3.63) is 45.9 Å². The van der Waals surface area contributed by atoms with Crippen LogP contribution in [0.15, 0.2) is 30.5 Å². The molecule has 0 radical (unpaired) electrons. The van der Waals surface area contributed by atoms with E-state index < -0.39 is 0 Å². The van der Waals surface area contributed by atoms with E-state index in [1.807, 2.05) is 12.3 Å². The van der Waals surface area contributed by atoms with Gasteiger partial charge in [-0.25, -0.2) is 0 Å². The van der Waals surface area contributed by atoms with Crippen molar-refractivity contribution in [3.8, 4) is 11.1 Å². The summed E-state index contributed by atoms with van der Waals surface area (Å²) >= 11 is 8.42. The van der Waals surface area contributed by atoms with Gasteiger partial charge in [0.05, 0.1) is 16.8 Å². The molecule has 2 N–H and O–H groups in total. The lowest BCUT2D eigenvalue weighted by Gasteiger charge is -2.41. The van der Waals surface area contributed by atoms with E-state index in [-0.39, 0.29) is 18.3 Å². The number of thiophene rings is 1. The van der Waals surface area contributed by atoms with Crippen LogP contribution in [0.4, 0.5) is 5.69 Å². The summed E-state index contributed by atoms with van der Waals surface area (Å²) in [5.74, 6) is 1.18. The molecule has 1 spiro atoms. The smallest absolute Gasteiger partial charge is 0.290 e. The highest BCUT2D eigenvalue weighted by Crippen LogP contribution is 2.59. The van der Waals surface area contributed by atoms with E-state index in [4.69, 9.17) is 21.5 Å². The van der Waals surface area contributed by atoms with Crippen LogP contribution in [0.1, 0.15) is 61.3 Å². The fourth-order valence-corrected chi connectivity index (χ4v) is 8.66. The topological polar surface area (TPSA) is 103 Å². The summed E-state index contributed by atoms with van der Waals surface area (Å²) in [7, 11) is 0. The summed E-state index contributed by atoms with van der Waals surface area (Å²) in [6.07, 6.45) is 8.92. The van der Waals surface area contributed by atoms with Gasteiger partial charge in [0.2, 0.25) is 11.8 Å². The van der Waals surface area contributed by atoms with E-state index in [0.717, 1.165) is 44.7 Å². The van der Waals surface area contributed by atoms with Crippen LogP contribution < -0.4 is 10.2 Å². The van der Waals surface area contributed by atoms with E-state index in [2.05, 4.69) is 33.4 Å². The van der Waals surface area contributed by atoms with Gasteiger partial charge in [-0.1, -0.05) is 11.6 Å². The van der Waals surface area contributed by atoms with E-state index in [1.54, 1.807) is 11.3 Å². The SMILES string of the molecule is O=C1CCC(=O)N1Cc1cc2nccc(-c3cc(Cl)cc4c3N([C@@H]3CNC5(CCC5)C3)C[C@H]3C[C@@H]43)c2s1.O=CO. The molecular formula is C30H31ClN4O4S. The van der Waals surface area contributed by atoms with Crippen molar-refractivity contribution in [2.45, 2.75) is 69.0 Å². The van der Waals surface area contributed by atoms with E-state index >= 15 is 0 Å². The van der Waals surface area contributed by atoms with Crippen molar-refractivity contribution < 1.29 is 19.5 Å². The number of carbonyl (C=O) groups excluding carboxylic acids is 2. The first-order chi connectivity index (χ1) is 19.4. The van der Waals surface area contributed by atoms with Gasteiger partial charge in [-0.05, 0) is 73.8 Å². The van der Waals surface area contributed by atoms with E-state index in [0.29, 0.717) is 36.9 Å². The van der Waals surface area contributed by atoms with E-state index in [1.165, 1.54) is 53.8 Å². The number of fused-ring (bicyclic) bond motifs is 4. The zero-order chi connectivity index (χ0) is 27.6. The molecule has 5 heterocycles. The van der Waals surface area contributed by atoms with Crippen molar-refractivity contribution in [3.63, 3.8) is 0 Å². The highest BCUT2D eigenvalue weighted by molar-refractivity contribution is 7.19. The Kier molecular flexibility index (Phi) is 6.36. The minimum Gasteiger partial charge on any atom is -0.483 e. The maximum atomic E-state index is 12.2. The third-order valence-corrected chi connectivity index (χ3v) is 10.8. The molecule has 0 bridgehead atoms. The van der Waals surface area contributed by atoms with Crippen molar-refractivity contribution in [2.24, 2.45) is 5.92 Å². The number of amides is 2. The third-order valence-electron chi connectivity index (χ3n) is 9.46. The molecule has 3 atom stereocenters. The highest BCUT2D eigenvalue weighted by atomic mass is 35.5. The van der Waals surface area contributed by atoms with Crippen LogP contribution in [0, 0.1) is 5.92 Å². The predicted octanol–water partition coefficient (Wildman–Crippen LogP) is 5.17. The summed E-state index contributed by atoms with van der Waals surface area (Å²) < 4.78 is 1.10. The predicted molar refractivity (Wildman–Crippen MR) is 155 cm³/mol. The Labute approximate surface area is 241 Å².